The molecular weight excluding hydrogens is 172 g/mol. The highest BCUT2D eigenvalue weighted by atomic mass is 15.0. The van der Waals surface area contributed by atoms with E-state index in [-0.39, 0.29) is 5.54 Å². The Kier molecular flexibility index (Phi) is 7.20. The van der Waals surface area contributed by atoms with E-state index >= 15 is 0 Å². The lowest BCUT2D eigenvalue weighted by molar-refractivity contribution is 0.312. The normalized spacial score (nSPS) is 15.9. The first kappa shape index (κ1) is 13.9. The smallest absolute Gasteiger partial charge is 0.0275 e. The number of nitrogens with two attached hydrogens (primary N) is 1. The first-order chi connectivity index (χ1) is 6.54. The third-order valence-corrected chi connectivity index (χ3v) is 2.72. The molecule has 0 amide bonds. The Morgan fingerprint density at radius 1 is 1.29 bits per heavy atom. The average Bonchev–Trinajstić information content (AvgIpc) is 2.15. The molecule has 0 aliphatic rings. The number of hydrogen-bond donors (Lipinski definition) is 2. The molecule has 0 aliphatic carbocycles. The molecule has 1 unspecified atom stereocenters. The van der Waals surface area contributed by atoms with Gasteiger partial charge in [0.05, 0.1) is 0 Å². The molecule has 0 saturated carbocycles. The van der Waals surface area contributed by atoms with Crippen LogP contribution in [0.1, 0.15) is 53.4 Å². The fraction of sp³-hybridized carbons (Fsp3) is 1.00. The second-order valence-electron chi connectivity index (χ2n) is 5.00. The van der Waals surface area contributed by atoms with Crippen LogP contribution < -0.4 is 11.1 Å². The van der Waals surface area contributed by atoms with Gasteiger partial charge in [0, 0.05) is 12.1 Å². The molecule has 86 valence electrons. The number of unbranched alkanes of at least 4 members (excludes halogenated alkanes) is 2. The van der Waals surface area contributed by atoms with Crippen molar-refractivity contribution >= 4 is 0 Å². The quantitative estimate of drug-likeness (QED) is 0.591. The molecule has 0 heterocycles. The van der Waals surface area contributed by atoms with Gasteiger partial charge in [-0.1, -0.05) is 40.0 Å². The lowest BCUT2D eigenvalue weighted by atomic mass is 9.94. The van der Waals surface area contributed by atoms with E-state index in [0.29, 0.717) is 5.92 Å². The van der Waals surface area contributed by atoms with Crippen LogP contribution in [0.25, 0.3) is 0 Å². The van der Waals surface area contributed by atoms with E-state index in [1.54, 1.807) is 0 Å². The van der Waals surface area contributed by atoms with Crippen LogP contribution in [0.3, 0.4) is 0 Å². The molecule has 3 N–H and O–H groups in total. The Labute approximate surface area is 89.6 Å². The predicted molar refractivity (Wildman–Crippen MR) is 64.4 cm³/mol. The number of rotatable bonds is 8. The summed E-state index contributed by atoms with van der Waals surface area (Å²) in [6, 6.07) is 0. The van der Waals surface area contributed by atoms with Gasteiger partial charge in [-0.3, -0.25) is 0 Å². The van der Waals surface area contributed by atoms with Gasteiger partial charge in [-0.25, -0.2) is 0 Å². The molecule has 0 rings (SSSR count). The van der Waals surface area contributed by atoms with Crippen LogP contribution in [0.2, 0.25) is 0 Å². The minimum atomic E-state index is 0.152. The lowest BCUT2D eigenvalue weighted by Crippen LogP contribution is -2.49. The molecule has 0 spiro atoms. The van der Waals surface area contributed by atoms with Crippen LogP contribution in [-0.2, 0) is 0 Å². The Bertz CT molecular complexity index is 134. The highest BCUT2D eigenvalue weighted by Crippen LogP contribution is 2.13. The van der Waals surface area contributed by atoms with Gasteiger partial charge < -0.3 is 11.1 Å². The van der Waals surface area contributed by atoms with E-state index in [2.05, 4.69) is 33.0 Å². The SMILES string of the molecule is CCCCCC(C)(CN)NCC(C)C. The first-order valence-corrected chi connectivity index (χ1v) is 5.99. The number of nitrogens with one attached hydrogen (secondary N) is 1. The highest BCUT2D eigenvalue weighted by Gasteiger charge is 2.20. The first-order valence-electron chi connectivity index (χ1n) is 5.99. The summed E-state index contributed by atoms with van der Waals surface area (Å²) in [5.41, 5.74) is 5.97. The molecule has 0 saturated heterocycles. The van der Waals surface area contributed by atoms with Crippen molar-refractivity contribution in [1.29, 1.82) is 0 Å². The maximum Gasteiger partial charge on any atom is 0.0275 e. The Hall–Kier alpha value is -0.0800. The van der Waals surface area contributed by atoms with Crippen LogP contribution in [0, 0.1) is 5.92 Å². The minimum absolute atomic E-state index is 0.152. The van der Waals surface area contributed by atoms with E-state index in [4.69, 9.17) is 5.73 Å². The maximum absolute atomic E-state index is 5.81. The molecule has 0 bridgehead atoms. The standard InChI is InChI=1S/C12H28N2/c1-5-6-7-8-12(4,10-13)14-9-11(2)3/h11,14H,5-10,13H2,1-4H3. The monoisotopic (exact) mass is 200 g/mol. The van der Waals surface area contributed by atoms with Crippen LogP contribution in [-0.4, -0.2) is 18.6 Å². The molecule has 2 heteroatoms. The topological polar surface area (TPSA) is 38.0 Å². The predicted octanol–water partition coefficient (Wildman–Crippen LogP) is 2.53. The maximum atomic E-state index is 5.81. The zero-order chi connectivity index (χ0) is 11.0. The van der Waals surface area contributed by atoms with Crippen molar-refractivity contribution in [1.82, 2.24) is 5.32 Å². The van der Waals surface area contributed by atoms with Crippen molar-refractivity contribution in [3.63, 3.8) is 0 Å². The van der Waals surface area contributed by atoms with Crippen molar-refractivity contribution in [3.05, 3.63) is 0 Å². The molecule has 1 atom stereocenters. The van der Waals surface area contributed by atoms with E-state index in [9.17, 15) is 0 Å². The van der Waals surface area contributed by atoms with Crippen molar-refractivity contribution in [2.24, 2.45) is 11.7 Å². The van der Waals surface area contributed by atoms with Crippen LogP contribution in [0.15, 0.2) is 0 Å². The summed E-state index contributed by atoms with van der Waals surface area (Å²) in [5, 5.41) is 3.58. The Balaban J connectivity index is 3.79. The summed E-state index contributed by atoms with van der Waals surface area (Å²) < 4.78 is 0. The third kappa shape index (κ3) is 6.39. The van der Waals surface area contributed by atoms with E-state index in [1.807, 2.05) is 0 Å². The van der Waals surface area contributed by atoms with E-state index < -0.39 is 0 Å². The average molecular weight is 200 g/mol. The van der Waals surface area contributed by atoms with Crippen LogP contribution in [0.4, 0.5) is 0 Å². The molecule has 0 aromatic heterocycles. The van der Waals surface area contributed by atoms with Crippen LogP contribution in [0.5, 0.6) is 0 Å². The molecule has 2 nitrogen and oxygen atoms in total. The van der Waals surface area contributed by atoms with Gasteiger partial charge in [0.2, 0.25) is 0 Å². The van der Waals surface area contributed by atoms with E-state index in [0.717, 1.165) is 13.1 Å². The second-order valence-corrected chi connectivity index (χ2v) is 5.00. The zero-order valence-corrected chi connectivity index (χ0v) is 10.4. The summed E-state index contributed by atoms with van der Waals surface area (Å²) >= 11 is 0. The van der Waals surface area contributed by atoms with E-state index in [1.165, 1.54) is 25.7 Å². The minimum Gasteiger partial charge on any atom is -0.329 e. The molecule has 0 aromatic carbocycles. The highest BCUT2D eigenvalue weighted by molar-refractivity contribution is 4.84. The summed E-state index contributed by atoms with van der Waals surface area (Å²) in [6.45, 7) is 10.8. The van der Waals surface area contributed by atoms with Gasteiger partial charge in [0.15, 0.2) is 0 Å². The number of hydrogen-bond acceptors (Lipinski definition) is 2. The fourth-order valence-electron chi connectivity index (χ4n) is 1.48. The summed E-state index contributed by atoms with van der Waals surface area (Å²) in [5.74, 6) is 0.701. The summed E-state index contributed by atoms with van der Waals surface area (Å²) in [6.07, 6.45) is 5.09. The van der Waals surface area contributed by atoms with Gasteiger partial charge >= 0.3 is 0 Å². The third-order valence-electron chi connectivity index (χ3n) is 2.72. The lowest BCUT2D eigenvalue weighted by Gasteiger charge is -2.30. The zero-order valence-electron chi connectivity index (χ0n) is 10.4. The van der Waals surface area contributed by atoms with Gasteiger partial charge in [0.1, 0.15) is 0 Å². The van der Waals surface area contributed by atoms with Gasteiger partial charge in [-0.2, -0.15) is 0 Å². The van der Waals surface area contributed by atoms with Crippen molar-refractivity contribution in [2.75, 3.05) is 13.1 Å². The summed E-state index contributed by atoms with van der Waals surface area (Å²) in [7, 11) is 0. The molecule has 0 fully saturated rings. The van der Waals surface area contributed by atoms with Crippen molar-refractivity contribution in [3.8, 4) is 0 Å². The largest absolute Gasteiger partial charge is 0.329 e. The van der Waals surface area contributed by atoms with Crippen molar-refractivity contribution < 1.29 is 0 Å². The molecule has 14 heavy (non-hydrogen) atoms. The molecule has 0 aromatic rings. The molecular formula is C12H28N2. The van der Waals surface area contributed by atoms with Gasteiger partial charge in [-0.15, -0.1) is 0 Å². The van der Waals surface area contributed by atoms with Gasteiger partial charge in [-0.05, 0) is 25.8 Å². The van der Waals surface area contributed by atoms with Crippen molar-refractivity contribution in [2.45, 2.75) is 58.9 Å². The Morgan fingerprint density at radius 2 is 1.93 bits per heavy atom. The Morgan fingerprint density at radius 3 is 2.36 bits per heavy atom. The summed E-state index contributed by atoms with van der Waals surface area (Å²) in [4.78, 5) is 0. The fourth-order valence-corrected chi connectivity index (χ4v) is 1.48. The second kappa shape index (κ2) is 7.24. The molecule has 0 radical (unpaired) electrons. The van der Waals surface area contributed by atoms with Crippen LogP contribution >= 0.6 is 0 Å². The molecule has 0 aliphatic heterocycles. The van der Waals surface area contributed by atoms with Gasteiger partial charge in [0.25, 0.3) is 0 Å².